The summed E-state index contributed by atoms with van der Waals surface area (Å²) >= 11 is 1.31. The average molecular weight is 424 g/mol. The van der Waals surface area contributed by atoms with Gasteiger partial charge in [0, 0.05) is 24.8 Å². The molecule has 2 aromatic rings. The SMILES string of the molecule is CC(C)n1cnnc1SCC(=O)Nc1ccc(S(=O)(=O)N2CCCCC2)cc1. The summed E-state index contributed by atoms with van der Waals surface area (Å²) in [5.74, 6) is 0.00845. The predicted molar refractivity (Wildman–Crippen MR) is 109 cm³/mol. The fraction of sp³-hybridized carbons (Fsp3) is 0.500. The van der Waals surface area contributed by atoms with Crippen molar-refractivity contribution in [1.29, 1.82) is 0 Å². The van der Waals surface area contributed by atoms with Gasteiger partial charge in [-0.1, -0.05) is 18.2 Å². The number of nitrogens with zero attached hydrogens (tertiary/aromatic N) is 4. The standard InChI is InChI=1S/C18H25N5O3S2/c1-14(2)23-13-19-21-18(23)27-12-17(24)20-15-6-8-16(9-7-15)28(25,26)22-10-4-3-5-11-22/h6-9,13-14H,3-5,10-12H2,1-2H3,(H,20,24). The molecule has 2 heterocycles. The van der Waals surface area contributed by atoms with Gasteiger partial charge in [-0.15, -0.1) is 10.2 Å². The van der Waals surface area contributed by atoms with Crippen LogP contribution in [0.2, 0.25) is 0 Å². The van der Waals surface area contributed by atoms with E-state index in [0.717, 1.165) is 19.3 Å². The van der Waals surface area contributed by atoms with Gasteiger partial charge in [-0.25, -0.2) is 8.42 Å². The first-order chi connectivity index (χ1) is 13.4. The molecule has 0 saturated carbocycles. The Labute approximate surface area is 169 Å². The van der Waals surface area contributed by atoms with Crippen molar-refractivity contribution in [3.8, 4) is 0 Å². The molecule has 1 aliphatic rings. The minimum Gasteiger partial charge on any atom is -0.325 e. The van der Waals surface area contributed by atoms with Crippen LogP contribution in [0.15, 0.2) is 40.6 Å². The lowest BCUT2D eigenvalue weighted by Crippen LogP contribution is -2.35. The van der Waals surface area contributed by atoms with Gasteiger partial charge in [0.25, 0.3) is 0 Å². The van der Waals surface area contributed by atoms with Crippen LogP contribution in [0.25, 0.3) is 0 Å². The Balaban J connectivity index is 1.57. The maximum atomic E-state index is 12.7. The van der Waals surface area contributed by atoms with Gasteiger partial charge in [0.2, 0.25) is 15.9 Å². The summed E-state index contributed by atoms with van der Waals surface area (Å²) in [5.41, 5.74) is 0.563. The molecule has 1 N–H and O–H groups in total. The molecule has 0 radical (unpaired) electrons. The summed E-state index contributed by atoms with van der Waals surface area (Å²) in [6, 6.07) is 6.55. The minimum absolute atomic E-state index is 0.185. The van der Waals surface area contributed by atoms with Gasteiger partial charge in [0.15, 0.2) is 5.16 Å². The second-order valence-electron chi connectivity index (χ2n) is 6.94. The molecular weight excluding hydrogens is 398 g/mol. The first-order valence-corrected chi connectivity index (χ1v) is 11.7. The maximum Gasteiger partial charge on any atom is 0.243 e. The van der Waals surface area contributed by atoms with Gasteiger partial charge < -0.3 is 9.88 Å². The minimum atomic E-state index is -3.46. The molecule has 1 aromatic carbocycles. The van der Waals surface area contributed by atoms with Crippen LogP contribution in [-0.4, -0.2) is 52.2 Å². The van der Waals surface area contributed by atoms with Crippen molar-refractivity contribution >= 4 is 33.4 Å². The summed E-state index contributed by atoms with van der Waals surface area (Å²) in [5, 5.41) is 11.4. The van der Waals surface area contributed by atoms with E-state index >= 15 is 0 Å². The Morgan fingerprint density at radius 1 is 1.18 bits per heavy atom. The Hall–Kier alpha value is -1.91. The maximum absolute atomic E-state index is 12.7. The molecule has 3 rings (SSSR count). The molecule has 28 heavy (non-hydrogen) atoms. The molecule has 0 aliphatic carbocycles. The normalized spacial score (nSPS) is 15.7. The predicted octanol–water partition coefficient (Wildman–Crippen LogP) is 2.76. The van der Waals surface area contributed by atoms with E-state index in [0.29, 0.717) is 23.9 Å². The number of thioether (sulfide) groups is 1. The van der Waals surface area contributed by atoms with Crippen molar-refractivity contribution < 1.29 is 13.2 Å². The molecule has 1 aliphatic heterocycles. The Morgan fingerprint density at radius 2 is 1.86 bits per heavy atom. The van der Waals surface area contributed by atoms with Crippen molar-refractivity contribution in [3.63, 3.8) is 0 Å². The van der Waals surface area contributed by atoms with Gasteiger partial charge in [0.05, 0.1) is 10.6 Å². The number of hydrogen-bond acceptors (Lipinski definition) is 6. The molecule has 1 fully saturated rings. The molecule has 1 saturated heterocycles. The highest BCUT2D eigenvalue weighted by Crippen LogP contribution is 2.23. The monoisotopic (exact) mass is 423 g/mol. The summed E-state index contributed by atoms with van der Waals surface area (Å²) in [4.78, 5) is 12.5. The Morgan fingerprint density at radius 3 is 2.50 bits per heavy atom. The first kappa shape index (κ1) is 20.8. The summed E-state index contributed by atoms with van der Waals surface area (Å²) in [6.45, 7) is 5.18. The zero-order chi connectivity index (χ0) is 20.1. The van der Waals surface area contributed by atoms with E-state index in [-0.39, 0.29) is 22.6 Å². The van der Waals surface area contributed by atoms with Crippen LogP contribution in [0.3, 0.4) is 0 Å². The van der Waals surface area contributed by atoms with Gasteiger partial charge in [-0.05, 0) is 51.0 Å². The van der Waals surface area contributed by atoms with E-state index in [1.54, 1.807) is 30.6 Å². The second kappa shape index (κ2) is 9.06. The van der Waals surface area contributed by atoms with Gasteiger partial charge in [-0.3, -0.25) is 4.79 Å². The first-order valence-electron chi connectivity index (χ1n) is 9.30. The Kier molecular flexibility index (Phi) is 6.73. The number of carbonyl (C=O) groups is 1. The summed E-state index contributed by atoms with van der Waals surface area (Å²) < 4.78 is 28.8. The molecule has 0 atom stereocenters. The van der Waals surface area contributed by atoms with Crippen LogP contribution in [-0.2, 0) is 14.8 Å². The lowest BCUT2D eigenvalue weighted by atomic mass is 10.2. The van der Waals surface area contributed by atoms with Crippen LogP contribution >= 0.6 is 11.8 Å². The third kappa shape index (κ3) is 4.92. The van der Waals surface area contributed by atoms with Gasteiger partial charge in [-0.2, -0.15) is 4.31 Å². The Bertz CT molecular complexity index is 904. The third-order valence-corrected chi connectivity index (χ3v) is 7.39. The smallest absolute Gasteiger partial charge is 0.243 e. The van der Waals surface area contributed by atoms with E-state index in [1.165, 1.54) is 16.1 Å². The number of piperidine rings is 1. The number of nitrogens with one attached hydrogen (secondary N) is 1. The third-order valence-electron chi connectivity index (χ3n) is 4.52. The zero-order valence-corrected chi connectivity index (χ0v) is 17.7. The number of rotatable bonds is 7. The quantitative estimate of drug-likeness (QED) is 0.688. The number of hydrogen-bond donors (Lipinski definition) is 1. The fourth-order valence-corrected chi connectivity index (χ4v) is 5.34. The molecule has 10 heteroatoms. The average Bonchev–Trinajstić information content (AvgIpc) is 3.16. The molecular formula is C18H25N5O3S2. The van der Waals surface area contributed by atoms with Crippen molar-refractivity contribution in [1.82, 2.24) is 19.1 Å². The van der Waals surface area contributed by atoms with E-state index in [2.05, 4.69) is 15.5 Å². The van der Waals surface area contributed by atoms with Gasteiger partial charge in [0.1, 0.15) is 6.33 Å². The highest BCUT2D eigenvalue weighted by Gasteiger charge is 2.25. The molecule has 1 aromatic heterocycles. The number of aromatic nitrogens is 3. The van der Waals surface area contributed by atoms with Crippen LogP contribution in [0, 0.1) is 0 Å². The molecule has 152 valence electrons. The van der Waals surface area contributed by atoms with E-state index in [1.807, 2.05) is 18.4 Å². The lowest BCUT2D eigenvalue weighted by molar-refractivity contribution is -0.113. The molecule has 0 bridgehead atoms. The van der Waals surface area contributed by atoms with Gasteiger partial charge >= 0.3 is 0 Å². The number of sulfonamides is 1. The number of anilines is 1. The molecule has 0 unspecified atom stereocenters. The van der Waals surface area contributed by atoms with E-state index < -0.39 is 10.0 Å². The lowest BCUT2D eigenvalue weighted by Gasteiger charge is -2.25. The molecule has 8 nitrogen and oxygen atoms in total. The molecule has 0 spiro atoms. The van der Waals surface area contributed by atoms with Crippen molar-refractivity contribution in [2.24, 2.45) is 0 Å². The van der Waals surface area contributed by atoms with Crippen LogP contribution in [0.5, 0.6) is 0 Å². The largest absolute Gasteiger partial charge is 0.325 e. The molecule has 1 amide bonds. The topological polar surface area (TPSA) is 97.2 Å². The van der Waals surface area contributed by atoms with E-state index in [9.17, 15) is 13.2 Å². The van der Waals surface area contributed by atoms with Crippen molar-refractivity contribution in [2.45, 2.75) is 49.2 Å². The van der Waals surface area contributed by atoms with Crippen LogP contribution in [0.1, 0.15) is 39.2 Å². The summed E-state index contributed by atoms with van der Waals surface area (Å²) in [7, 11) is -3.46. The highest BCUT2D eigenvalue weighted by molar-refractivity contribution is 7.99. The van der Waals surface area contributed by atoms with Crippen molar-refractivity contribution in [3.05, 3.63) is 30.6 Å². The van der Waals surface area contributed by atoms with Crippen molar-refractivity contribution in [2.75, 3.05) is 24.2 Å². The second-order valence-corrected chi connectivity index (χ2v) is 9.82. The number of amides is 1. The summed E-state index contributed by atoms with van der Waals surface area (Å²) in [6.07, 6.45) is 4.51. The van der Waals surface area contributed by atoms with E-state index in [4.69, 9.17) is 0 Å². The highest BCUT2D eigenvalue weighted by atomic mass is 32.2. The zero-order valence-electron chi connectivity index (χ0n) is 16.0. The fourth-order valence-electron chi connectivity index (χ4n) is 2.98. The van der Waals surface area contributed by atoms with Crippen LogP contribution < -0.4 is 5.32 Å². The number of carbonyl (C=O) groups excluding carboxylic acids is 1. The van der Waals surface area contributed by atoms with Crippen LogP contribution in [0.4, 0.5) is 5.69 Å². The number of benzene rings is 1.